The number of likely N-dealkylation sites (tertiary alicyclic amines) is 1. The lowest BCUT2D eigenvalue weighted by Crippen LogP contribution is -2.21. The minimum absolute atomic E-state index is 0.191. The number of carboxylic acid groups (broad SMARTS) is 2. The number of hydrogen-bond acceptors (Lipinski definition) is 7. The molecule has 0 unspecified atom stereocenters. The van der Waals surface area contributed by atoms with Crippen molar-refractivity contribution in [2.24, 2.45) is 0 Å². The second-order valence-corrected chi connectivity index (χ2v) is 8.20. The zero-order valence-electron chi connectivity index (χ0n) is 20.3. The standard InChI is InChI=1S/C20H20N4O2.2C2HF3O2/c25-17-7-9-24(13-17)12-14-3-5-15(6-4-14)20-22-18(10-19(26)23-20)16-2-1-8-21-11-16;2*3-2(4,5)1(6)7/h1-6,8,10-11,17,25H,7,9,12-13H2,(H,22,23,26);2*(H,6,7)/t17-;;/m0../s1. The first-order valence-corrected chi connectivity index (χ1v) is 11.2. The number of aromatic amines is 1. The van der Waals surface area contributed by atoms with Gasteiger partial charge in [0, 0.05) is 49.2 Å². The summed E-state index contributed by atoms with van der Waals surface area (Å²) in [7, 11) is 0. The van der Waals surface area contributed by atoms with E-state index in [4.69, 9.17) is 19.8 Å². The second-order valence-electron chi connectivity index (χ2n) is 8.20. The van der Waals surface area contributed by atoms with Gasteiger partial charge in [0.05, 0.1) is 11.8 Å². The molecule has 0 aliphatic carbocycles. The van der Waals surface area contributed by atoms with Crippen molar-refractivity contribution in [1.29, 1.82) is 0 Å². The van der Waals surface area contributed by atoms with Crippen molar-refractivity contribution < 1.29 is 51.3 Å². The number of rotatable bonds is 4. The molecule has 3 heterocycles. The van der Waals surface area contributed by atoms with Gasteiger partial charge < -0.3 is 20.3 Å². The lowest BCUT2D eigenvalue weighted by molar-refractivity contribution is -0.193. The van der Waals surface area contributed by atoms with Crippen LogP contribution in [-0.2, 0) is 16.1 Å². The second kappa shape index (κ2) is 13.7. The Morgan fingerprint density at radius 3 is 2.00 bits per heavy atom. The molecule has 40 heavy (non-hydrogen) atoms. The molecule has 216 valence electrons. The first-order chi connectivity index (χ1) is 18.6. The smallest absolute Gasteiger partial charge is 0.475 e. The van der Waals surface area contributed by atoms with Gasteiger partial charge in [0.1, 0.15) is 5.82 Å². The lowest BCUT2D eigenvalue weighted by atomic mass is 10.1. The minimum atomic E-state index is -5.08. The van der Waals surface area contributed by atoms with Gasteiger partial charge in [0.15, 0.2) is 0 Å². The molecule has 0 spiro atoms. The average molecular weight is 576 g/mol. The Balaban J connectivity index is 0.000000333. The van der Waals surface area contributed by atoms with E-state index in [0.29, 0.717) is 11.5 Å². The van der Waals surface area contributed by atoms with Gasteiger partial charge in [-0.2, -0.15) is 26.3 Å². The summed E-state index contributed by atoms with van der Waals surface area (Å²) in [4.78, 5) is 43.5. The van der Waals surface area contributed by atoms with Crippen molar-refractivity contribution in [2.75, 3.05) is 13.1 Å². The SMILES string of the molecule is O=C(O)C(F)(F)F.O=C(O)C(F)(F)F.O=c1cc(-c2cccnc2)nc(-c2ccc(CN3CC[C@H](O)C3)cc2)[nH]1. The van der Waals surface area contributed by atoms with Crippen LogP contribution in [0.25, 0.3) is 22.6 Å². The summed E-state index contributed by atoms with van der Waals surface area (Å²) in [5.74, 6) is -4.97. The number of nitrogens with zero attached hydrogens (tertiary/aromatic N) is 3. The highest BCUT2D eigenvalue weighted by atomic mass is 19.4. The fourth-order valence-electron chi connectivity index (χ4n) is 3.24. The van der Waals surface area contributed by atoms with Crippen LogP contribution < -0.4 is 5.56 Å². The largest absolute Gasteiger partial charge is 0.490 e. The molecule has 2 aromatic heterocycles. The molecular formula is C24H22F6N4O6. The molecule has 10 nitrogen and oxygen atoms in total. The number of halogens is 6. The zero-order valence-corrected chi connectivity index (χ0v) is 20.3. The third kappa shape index (κ3) is 10.5. The Morgan fingerprint density at radius 1 is 0.975 bits per heavy atom. The molecule has 1 aromatic carbocycles. The number of benzene rings is 1. The van der Waals surface area contributed by atoms with Gasteiger partial charge in [-0.15, -0.1) is 0 Å². The van der Waals surface area contributed by atoms with Crippen LogP contribution >= 0.6 is 0 Å². The Kier molecular flexibility index (Phi) is 10.9. The lowest BCUT2D eigenvalue weighted by Gasteiger charge is -2.15. The summed E-state index contributed by atoms with van der Waals surface area (Å²) in [6, 6.07) is 13.2. The van der Waals surface area contributed by atoms with Crippen molar-refractivity contribution in [1.82, 2.24) is 19.9 Å². The molecule has 0 bridgehead atoms. The summed E-state index contributed by atoms with van der Waals surface area (Å²) >= 11 is 0. The van der Waals surface area contributed by atoms with E-state index in [2.05, 4.69) is 19.9 Å². The molecule has 1 aliphatic rings. The maximum absolute atomic E-state index is 12.0. The van der Waals surface area contributed by atoms with E-state index < -0.39 is 24.3 Å². The fraction of sp³-hybridized carbons (Fsp3) is 0.292. The van der Waals surface area contributed by atoms with Crippen molar-refractivity contribution in [3.05, 3.63) is 70.8 Å². The Morgan fingerprint density at radius 2 is 1.55 bits per heavy atom. The van der Waals surface area contributed by atoms with E-state index in [1.165, 1.54) is 11.6 Å². The number of β-amino-alcohol motifs (C(OH)–C–C–N with tert-alkyl or cyclic N) is 1. The molecular weight excluding hydrogens is 554 g/mol. The third-order valence-corrected chi connectivity index (χ3v) is 5.07. The Labute approximate surface area is 221 Å². The number of aromatic nitrogens is 3. The van der Waals surface area contributed by atoms with Gasteiger partial charge in [-0.3, -0.25) is 14.7 Å². The summed E-state index contributed by atoms with van der Waals surface area (Å²) in [6.07, 6.45) is -6.15. The van der Waals surface area contributed by atoms with Gasteiger partial charge in [0.25, 0.3) is 5.56 Å². The highest BCUT2D eigenvalue weighted by Gasteiger charge is 2.38. The van der Waals surface area contributed by atoms with Crippen molar-refractivity contribution >= 4 is 11.9 Å². The van der Waals surface area contributed by atoms with Crippen molar-refractivity contribution in [3.63, 3.8) is 0 Å². The molecule has 0 saturated carbocycles. The third-order valence-electron chi connectivity index (χ3n) is 5.07. The molecule has 4 rings (SSSR count). The predicted molar refractivity (Wildman–Crippen MR) is 127 cm³/mol. The first kappa shape index (κ1) is 31.9. The topological polar surface area (TPSA) is 157 Å². The van der Waals surface area contributed by atoms with Crippen LogP contribution in [0.5, 0.6) is 0 Å². The molecule has 1 aliphatic heterocycles. The first-order valence-electron chi connectivity index (χ1n) is 11.2. The van der Waals surface area contributed by atoms with Gasteiger partial charge in [-0.25, -0.2) is 14.6 Å². The van der Waals surface area contributed by atoms with Gasteiger partial charge in [-0.05, 0) is 24.1 Å². The summed E-state index contributed by atoms with van der Waals surface area (Å²) in [6.45, 7) is 2.46. The van der Waals surface area contributed by atoms with E-state index in [9.17, 15) is 36.2 Å². The summed E-state index contributed by atoms with van der Waals surface area (Å²) in [5.41, 5.74) is 3.26. The van der Waals surface area contributed by atoms with E-state index in [1.54, 1.807) is 12.4 Å². The number of nitrogens with one attached hydrogen (secondary N) is 1. The van der Waals surface area contributed by atoms with Crippen LogP contribution in [-0.4, -0.2) is 78.7 Å². The number of hydrogen-bond donors (Lipinski definition) is 4. The maximum atomic E-state index is 12.0. The molecule has 16 heteroatoms. The molecule has 4 N–H and O–H groups in total. The summed E-state index contributed by atoms with van der Waals surface area (Å²) < 4.78 is 63.5. The number of H-pyrrole nitrogens is 1. The molecule has 0 radical (unpaired) electrons. The summed E-state index contributed by atoms with van der Waals surface area (Å²) in [5, 5.41) is 23.9. The van der Waals surface area contributed by atoms with Crippen LogP contribution in [0.3, 0.4) is 0 Å². The number of pyridine rings is 1. The highest BCUT2D eigenvalue weighted by molar-refractivity contribution is 5.73. The van der Waals surface area contributed by atoms with Crippen LogP contribution in [0.15, 0.2) is 59.7 Å². The quantitative estimate of drug-likeness (QED) is 0.342. The number of aliphatic hydroxyl groups excluding tert-OH is 1. The minimum Gasteiger partial charge on any atom is -0.475 e. The highest BCUT2D eigenvalue weighted by Crippen LogP contribution is 2.21. The average Bonchev–Trinajstić information content (AvgIpc) is 3.28. The number of aliphatic hydroxyl groups is 1. The zero-order chi connectivity index (χ0) is 30.1. The van der Waals surface area contributed by atoms with Gasteiger partial charge in [0.2, 0.25) is 0 Å². The normalized spacial score (nSPS) is 15.3. The van der Waals surface area contributed by atoms with E-state index in [-0.39, 0.29) is 11.7 Å². The van der Waals surface area contributed by atoms with Gasteiger partial charge in [-0.1, -0.05) is 24.3 Å². The van der Waals surface area contributed by atoms with E-state index in [1.807, 2.05) is 36.4 Å². The fourth-order valence-corrected chi connectivity index (χ4v) is 3.24. The molecule has 1 fully saturated rings. The van der Waals surface area contributed by atoms with Crippen LogP contribution in [0, 0.1) is 0 Å². The molecule has 0 amide bonds. The van der Waals surface area contributed by atoms with Crippen LogP contribution in [0.1, 0.15) is 12.0 Å². The monoisotopic (exact) mass is 576 g/mol. The number of carboxylic acids is 2. The number of carbonyl (C=O) groups is 2. The maximum Gasteiger partial charge on any atom is 0.490 e. The Bertz CT molecular complexity index is 1310. The van der Waals surface area contributed by atoms with E-state index >= 15 is 0 Å². The van der Waals surface area contributed by atoms with Gasteiger partial charge >= 0.3 is 24.3 Å². The van der Waals surface area contributed by atoms with Crippen LogP contribution in [0.2, 0.25) is 0 Å². The molecule has 1 saturated heterocycles. The van der Waals surface area contributed by atoms with Crippen LogP contribution in [0.4, 0.5) is 26.3 Å². The van der Waals surface area contributed by atoms with E-state index in [0.717, 1.165) is 37.2 Å². The predicted octanol–water partition coefficient (Wildman–Crippen LogP) is 3.33. The number of aliphatic carboxylic acids is 2. The molecule has 1 atom stereocenters. The van der Waals surface area contributed by atoms with Crippen molar-refractivity contribution in [2.45, 2.75) is 31.4 Å². The number of alkyl halides is 6. The Hall–Kier alpha value is -4.31. The molecule has 3 aromatic rings. The van der Waals surface area contributed by atoms with Crippen molar-refractivity contribution in [3.8, 4) is 22.6 Å².